The summed E-state index contributed by atoms with van der Waals surface area (Å²) in [6.07, 6.45) is 61.0. The molecule has 0 aliphatic carbocycles. The molecule has 3 N–H and O–H groups in total. The third kappa shape index (κ3) is 41.8. The van der Waals surface area contributed by atoms with E-state index in [-0.39, 0.29) is 24.9 Å². The molecule has 0 aromatic rings. The van der Waals surface area contributed by atoms with Gasteiger partial charge in [-0.25, -0.2) is 0 Å². The monoisotopic (exact) mass is 836 g/mol. The standard InChI is InChI=1S/C54H93NO5/c1-4-7-10-13-16-19-22-25-27-29-32-35-38-41-44-47-54(59)60-50(45-42-39-36-33-30-28-26-23-20-17-14-11-8-5-2)48-53(58)55-51(49-56)52(57)46-43-40-37-34-31-24-21-18-15-12-9-6-3/h8,11,16-17,19-20,22,25-26,28,33,36,42,45,50-52,56-57H,4-7,9-10,12-15,18,21,23-24,27,29-32,34-35,37-41,43-44,46-49H2,1-3H3,(H,55,58)/b11-8+,19-16+,20-17+,25-22+,28-26+,36-33+,45-42+. The van der Waals surface area contributed by atoms with E-state index in [1.165, 1.54) is 96.3 Å². The number of aliphatic hydroxyl groups is 2. The van der Waals surface area contributed by atoms with Crippen molar-refractivity contribution in [1.82, 2.24) is 5.32 Å². The molecule has 0 aromatic carbocycles. The van der Waals surface area contributed by atoms with E-state index < -0.39 is 18.2 Å². The first-order valence-corrected chi connectivity index (χ1v) is 24.8. The minimum Gasteiger partial charge on any atom is -0.458 e. The minimum atomic E-state index is -0.824. The highest BCUT2D eigenvalue weighted by atomic mass is 16.5. The Morgan fingerprint density at radius 3 is 1.48 bits per heavy atom. The lowest BCUT2D eigenvalue weighted by Gasteiger charge is -2.23. The van der Waals surface area contributed by atoms with Gasteiger partial charge in [0.2, 0.25) is 5.91 Å². The molecule has 0 rings (SSSR count). The summed E-state index contributed by atoms with van der Waals surface area (Å²) in [5, 5.41) is 23.6. The summed E-state index contributed by atoms with van der Waals surface area (Å²) in [5.41, 5.74) is 0. The molecule has 1 amide bonds. The Balaban J connectivity index is 4.77. The van der Waals surface area contributed by atoms with Gasteiger partial charge < -0.3 is 20.3 Å². The van der Waals surface area contributed by atoms with Gasteiger partial charge in [0, 0.05) is 6.42 Å². The molecule has 0 radical (unpaired) electrons. The van der Waals surface area contributed by atoms with Gasteiger partial charge in [0.25, 0.3) is 0 Å². The predicted octanol–water partition coefficient (Wildman–Crippen LogP) is 14.8. The van der Waals surface area contributed by atoms with E-state index in [1.54, 1.807) is 6.08 Å². The molecule has 0 aromatic heterocycles. The molecule has 0 heterocycles. The first kappa shape index (κ1) is 57.0. The molecule has 0 aliphatic heterocycles. The number of carbonyl (C=O) groups excluding carboxylic acids is 2. The van der Waals surface area contributed by atoms with Gasteiger partial charge in [0.05, 0.1) is 25.2 Å². The summed E-state index contributed by atoms with van der Waals surface area (Å²) in [6.45, 7) is 6.28. The number of esters is 1. The van der Waals surface area contributed by atoms with E-state index in [1.807, 2.05) is 6.08 Å². The molecule has 0 bridgehead atoms. The van der Waals surface area contributed by atoms with Crippen molar-refractivity contribution >= 4 is 11.9 Å². The topological polar surface area (TPSA) is 95.9 Å². The van der Waals surface area contributed by atoms with Crippen LogP contribution in [-0.2, 0) is 14.3 Å². The fraction of sp³-hybridized carbons (Fsp3) is 0.704. The van der Waals surface area contributed by atoms with E-state index in [0.717, 1.165) is 77.0 Å². The summed E-state index contributed by atoms with van der Waals surface area (Å²) in [4.78, 5) is 26.0. The van der Waals surface area contributed by atoms with E-state index in [2.05, 4.69) is 99.0 Å². The third-order valence-corrected chi connectivity index (χ3v) is 10.7. The van der Waals surface area contributed by atoms with Crippen molar-refractivity contribution in [3.63, 3.8) is 0 Å². The van der Waals surface area contributed by atoms with Crippen LogP contribution in [0.3, 0.4) is 0 Å². The van der Waals surface area contributed by atoms with Crippen LogP contribution < -0.4 is 5.32 Å². The van der Waals surface area contributed by atoms with Gasteiger partial charge >= 0.3 is 5.97 Å². The zero-order valence-corrected chi connectivity index (χ0v) is 39.1. The van der Waals surface area contributed by atoms with Crippen molar-refractivity contribution in [2.75, 3.05) is 6.61 Å². The zero-order chi connectivity index (χ0) is 43.8. The molecule has 3 atom stereocenters. The number of aliphatic hydroxyl groups excluding tert-OH is 2. The molecule has 6 nitrogen and oxygen atoms in total. The number of rotatable bonds is 43. The molecular weight excluding hydrogens is 743 g/mol. The normalized spacial score (nSPS) is 14.0. The van der Waals surface area contributed by atoms with E-state index in [0.29, 0.717) is 19.3 Å². The highest BCUT2D eigenvalue weighted by molar-refractivity contribution is 5.78. The van der Waals surface area contributed by atoms with Crippen LogP contribution in [0.25, 0.3) is 0 Å². The number of unbranched alkanes of at least 4 members (excludes halogenated alkanes) is 20. The lowest BCUT2D eigenvalue weighted by atomic mass is 10.0. The van der Waals surface area contributed by atoms with Crippen molar-refractivity contribution in [2.24, 2.45) is 0 Å². The number of amides is 1. The number of hydrogen-bond acceptors (Lipinski definition) is 5. The molecule has 0 aliphatic rings. The first-order chi connectivity index (χ1) is 29.5. The summed E-state index contributed by atoms with van der Waals surface area (Å²) in [6, 6.07) is -0.747. The third-order valence-electron chi connectivity index (χ3n) is 10.7. The van der Waals surface area contributed by atoms with Gasteiger partial charge in [-0.15, -0.1) is 0 Å². The Morgan fingerprint density at radius 1 is 0.533 bits per heavy atom. The van der Waals surface area contributed by atoms with Crippen LogP contribution in [0.2, 0.25) is 0 Å². The van der Waals surface area contributed by atoms with E-state index >= 15 is 0 Å². The number of ether oxygens (including phenoxy) is 1. The number of carbonyl (C=O) groups is 2. The quantitative estimate of drug-likeness (QED) is 0.0246. The Morgan fingerprint density at radius 2 is 0.967 bits per heavy atom. The van der Waals surface area contributed by atoms with E-state index in [4.69, 9.17) is 4.74 Å². The molecule has 6 heteroatoms. The SMILES string of the molecule is CC/C=C/C/C=C/C/C=C/C/C=C/C/C=C/C(CC(=O)NC(CO)C(O)CCCCCCCCCCCCCC)OC(=O)CCCCCCCC/C=C/C=C/CCCCC. The van der Waals surface area contributed by atoms with Gasteiger partial charge in [-0.3, -0.25) is 9.59 Å². The molecule has 60 heavy (non-hydrogen) atoms. The highest BCUT2D eigenvalue weighted by Crippen LogP contribution is 2.15. The smallest absolute Gasteiger partial charge is 0.306 e. The van der Waals surface area contributed by atoms with Crippen molar-refractivity contribution in [3.05, 3.63) is 85.1 Å². The van der Waals surface area contributed by atoms with Crippen LogP contribution in [0.15, 0.2) is 85.1 Å². The lowest BCUT2D eigenvalue weighted by molar-refractivity contribution is -0.148. The van der Waals surface area contributed by atoms with Crippen LogP contribution in [0.4, 0.5) is 0 Å². The largest absolute Gasteiger partial charge is 0.458 e. The highest BCUT2D eigenvalue weighted by Gasteiger charge is 2.23. The fourth-order valence-electron chi connectivity index (χ4n) is 6.97. The maximum absolute atomic E-state index is 13.1. The second kappa shape index (κ2) is 47.1. The summed E-state index contributed by atoms with van der Waals surface area (Å²) in [7, 11) is 0. The number of hydrogen-bond donors (Lipinski definition) is 3. The molecular formula is C54H93NO5. The van der Waals surface area contributed by atoms with Gasteiger partial charge in [-0.2, -0.15) is 0 Å². The Labute approximate surface area is 370 Å². The van der Waals surface area contributed by atoms with Gasteiger partial charge in [-0.1, -0.05) is 215 Å². The average Bonchev–Trinajstić information content (AvgIpc) is 3.24. The van der Waals surface area contributed by atoms with E-state index in [9.17, 15) is 19.8 Å². The predicted molar refractivity (Wildman–Crippen MR) is 259 cm³/mol. The van der Waals surface area contributed by atoms with Gasteiger partial charge in [0.1, 0.15) is 6.10 Å². The zero-order valence-electron chi connectivity index (χ0n) is 39.1. The van der Waals surface area contributed by atoms with Crippen LogP contribution >= 0.6 is 0 Å². The van der Waals surface area contributed by atoms with Gasteiger partial charge in [0.15, 0.2) is 0 Å². The molecule has 0 fully saturated rings. The number of nitrogens with one attached hydrogen (secondary N) is 1. The summed E-state index contributed by atoms with van der Waals surface area (Å²) < 4.78 is 5.81. The van der Waals surface area contributed by atoms with Crippen molar-refractivity contribution < 1.29 is 24.5 Å². The Kier molecular flexibility index (Phi) is 44.8. The van der Waals surface area contributed by atoms with Crippen LogP contribution in [0.1, 0.15) is 220 Å². The van der Waals surface area contributed by atoms with Crippen molar-refractivity contribution in [3.8, 4) is 0 Å². The van der Waals surface area contributed by atoms with Crippen molar-refractivity contribution in [2.45, 2.75) is 238 Å². The molecule has 344 valence electrons. The van der Waals surface area contributed by atoms with Crippen LogP contribution in [0.5, 0.6) is 0 Å². The molecule has 0 saturated heterocycles. The van der Waals surface area contributed by atoms with Gasteiger partial charge in [-0.05, 0) is 76.7 Å². The molecule has 0 saturated carbocycles. The minimum absolute atomic E-state index is 0.0542. The number of allylic oxidation sites excluding steroid dienone is 13. The summed E-state index contributed by atoms with van der Waals surface area (Å²) in [5.74, 6) is -0.647. The maximum Gasteiger partial charge on any atom is 0.306 e. The Bertz CT molecular complexity index is 1160. The summed E-state index contributed by atoms with van der Waals surface area (Å²) >= 11 is 0. The second-order valence-electron chi connectivity index (χ2n) is 16.5. The first-order valence-electron chi connectivity index (χ1n) is 24.8. The van der Waals surface area contributed by atoms with Crippen LogP contribution in [-0.4, -0.2) is 46.9 Å². The molecule has 0 spiro atoms. The lowest BCUT2D eigenvalue weighted by Crippen LogP contribution is -2.46. The fourth-order valence-corrected chi connectivity index (χ4v) is 6.97. The van der Waals surface area contributed by atoms with Crippen LogP contribution in [0, 0.1) is 0 Å². The maximum atomic E-state index is 13.1. The average molecular weight is 836 g/mol. The molecule has 3 unspecified atom stereocenters. The second-order valence-corrected chi connectivity index (χ2v) is 16.5. The van der Waals surface area contributed by atoms with Crippen molar-refractivity contribution in [1.29, 1.82) is 0 Å². The Hall–Kier alpha value is -2.96.